The summed E-state index contributed by atoms with van der Waals surface area (Å²) in [6, 6.07) is 18.1. The maximum atomic E-state index is 13.0. The number of hydrogen-bond acceptors (Lipinski definition) is 1. The van der Waals surface area contributed by atoms with Gasteiger partial charge in [-0.05, 0) is 37.9 Å². The molecular formula is C18H14FN. The highest BCUT2D eigenvalue weighted by molar-refractivity contribution is 6.23. The Morgan fingerprint density at radius 3 is 2.10 bits per heavy atom. The lowest BCUT2D eigenvalue weighted by Gasteiger charge is -2.16. The van der Waals surface area contributed by atoms with Crippen LogP contribution in [0.3, 0.4) is 0 Å². The second-order valence-electron chi connectivity index (χ2n) is 5.27. The van der Waals surface area contributed by atoms with Gasteiger partial charge in [0.1, 0.15) is 6.67 Å². The molecule has 20 heavy (non-hydrogen) atoms. The molecule has 0 unspecified atom stereocenters. The number of benzene rings is 4. The van der Waals surface area contributed by atoms with Crippen molar-refractivity contribution in [2.24, 2.45) is 5.73 Å². The van der Waals surface area contributed by atoms with E-state index in [9.17, 15) is 4.39 Å². The van der Waals surface area contributed by atoms with Crippen molar-refractivity contribution in [3.63, 3.8) is 0 Å². The van der Waals surface area contributed by atoms with Crippen LogP contribution in [0.15, 0.2) is 54.6 Å². The Balaban J connectivity index is 2.26. The van der Waals surface area contributed by atoms with Crippen LogP contribution in [0.25, 0.3) is 32.3 Å². The summed E-state index contributed by atoms with van der Waals surface area (Å²) in [6.45, 7) is -0.538. The fourth-order valence-electron chi connectivity index (χ4n) is 3.16. The van der Waals surface area contributed by atoms with E-state index in [-0.39, 0.29) is 0 Å². The fourth-order valence-corrected chi connectivity index (χ4v) is 3.16. The summed E-state index contributed by atoms with van der Waals surface area (Å²) in [5.41, 5.74) is 6.80. The van der Waals surface area contributed by atoms with E-state index in [1.807, 2.05) is 12.1 Å². The van der Waals surface area contributed by atoms with Crippen LogP contribution < -0.4 is 5.73 Å². The molecule has 0 saturated carbocycles. The molecule has 0 heterocycles. The number of rotatable bonds is 2. The molecule has 0 amide bonds. The first-order chi connectivity index (χ1) is 9.79. The molecule has 0 aliphatic heterocycles. The van der Waals surface area contributed by atoms with Crippen LogP contribution in [0.5, 0.6) is 0 Å². The van der Waals surface area contributed by atoms with Crippen molar-refractivity contribution in [1.82, 2.24) is 0 Å². The maximum absolute atomic E-state index is 13.0. The van der Waals surface area contributed by atoms with Gasteiger partial charge in [-0.3, -0.25) is 0 Å². The van der Waals surface area contributed by atoms with Crippen molar-refractivity contribution in [3.8, 4) is 0 Å². The van der Waals surface area contributed by atoms with E-state index in [0.717, 1.165) is 10.9 Å². The Labute approximate surface area is 116 Å². The zero-order valence-corrected chi connectivity index (χ0v) is 10.9. The van der Waals surface area contributed by atoms with Gasteiger partial charge >= 0.3 is 0 Å². The van der Waals surface area contributed by atoms with Crippen LogP contribution in [0.4, 0.5) is 4.39 Å². The quantitative estimate of drug-likeness (QED) is 0.527. The second-order valence-corrected chi connectivity index (χ2v) is 5.27. The van der Waals surface area contributed by atoms with Crippen molar-refractivity contribution >= 4 is 32.3 Å². The van der Waals surface area contributed by atoms with Crippen molar-refractivity contribution in [2.75, 3.05) is 6.67 Å². The van der Waals surface area contributed by atoms with Gasteiger partial charge in [0.25, 0.3) is 0 Å². The van der Waals surface area contributed by atoms with E-state index in [4.69, 9.17) is 5.73 Å². The first kappa shape index (κ1) is 11.6. The largest absolute Gasteiger partial charge is 0.322 e. The van der Waals surface area contributed by atoms with Crippen LogP contribution in [0.2, 0.25) is 0 Å². The predicted molar refractivity (Wildman–Crippen MR) is 83.0 cm³/mol. The second kappa shape index (κ2) is 4.15. The average molecular weight is 263 g/mol. The predicted octanol–water partition coefficient (Wildman–Crippen LogP) is 4.55. The molecule has 0 saturated heterocycles. The maximum Gasteiger partial charge on any atom is 0.109 e. The Kier molecular flexibility index (Phi) is 2.41. The minimum absolute atomic E-state index is 0.538. The van der Waals surface area contributed by atoms with Crippen molar-refractivity contribution in [2.45, 2.75) is 6.04 Å². The van der Waals surface area contributed by atoms with E-state index in [2.05, 4.69) is 42.5 Å². The molecule has 4 aromatic rings. The monoisotopic (exact) mass is 263 g/mol. The third-order valence-electron chi connectivity index (χ3n) is 4.13. The minimum atomic E-state index is -0.556. The molecule has 2 N–H and O–H groups in total. The minimum Gasteiger partial charge on any atom is -0.322 e. The van der Waals surface area contributed by atoms with Gasteiger partial charge in [-0.2, -0.15) is 0 Å². The molecule has 2 heteroatoms. The molecule has 0 aliphatic carbocycles. The van der Waals surface area contributed by atoms with E-state index in [0.29, 0.717) is 0 Å². The molecule has 0 radical (unpaired) electrons. The van der Waals surface area contributed by atoms with Crippen LogP contribution in [0.1, 0.15) is 11.6 Å². The van der Waals surface area contributed by atoms with E-state index in [1.54, 1.807) is 0 Å². The van der Waals surface area contributed by atoms with Crippen LogP contribution in [0, 0.1) is 0 Å². The molecule has 1 nitrogen and oxygen atoms in total. The molecule has 1 atom stereocenters. The summed E-state index contributed by atoms with van der Waals surface area (Å²) in [7, 11) is 0. The third-order valence-corrected chi connectivity index (χ3v) is 4.13. The summed E-state index contributed by atoms with van der Waals surface area (Å²) in [4.78, 5) is 0. The molecule has 0 aromatic heterocycles. The van der Waals surface area contributed by atoms with Crippen LogP contribution in [-0.2, 0) is 0 Å². The molecule has 4 aromatic carbocycles. The summed E-state index contributed by atoms with van der Waals surface area (Å²) >= 11 is 0. The Morgan fingerprint density at radius 1 is 0.800 bits per heavy atom. The zero-order chi connectivity index (χ0) is 13.7. The molecule has 98 valence electrons. The van der Waals surface area contributed by atoms with E-state index in [1.165, 1.54) is 26.9 Å². The topological polar surface area (TPSA) is 26.0 Å². The Bertz CT molecular complexity index is 897. The zero-order valence-electron chi connectivity index (χ0n) is 10.9. The van der Waals surface area contributed by atoms with Gasteiger partial charge in [0.2, 0.25) is 0 Å². The lowest BCUT2D eigenvalue weighted by molar-refractivity contribution is 0.438. The van der Waals surface area contributed by atoms with E-state index < -0.39 is 12.7 Å². The van der Waals surface area contributed by atoms with Gasteiger partial charge in [-0.25, -0.2) is 4.39 Å². The normalized spacial score (nSPS) is 13.5. The lowest BCUT2D eigenvalue weighted by Crippen LogP contribution is -2.12. The van der Waals surface area contributed by atoms with Crippen LogP contribution in [-0.4, -0.2) is 6.67 Å². The molecule has 0 aliphatic rings. The van der Waals surface area contributed by atoms with Crippen LogP contribution >= 0.6 is 0 Å². The lowest BCUT2D eigenvalue weighted by atomic mass is 9.90. The first-order valence-electron chi connectivity index (χ1n) is 6.77. The SMILES string of the molecule is N[C@@H](CF)c1ccc2ccc3cccc4ccc1c2c34. The standard InChI is InChI=1S/C18H14FN/c19-10-16(20)14-8-6-13-5-4-11-2-1-3-12-7-9-15(14)18(13)17(11)12/h1-9,16H,10,20H2/t16-/m0/s1. The van der Waals surface area contributed by atoms with Gasteiger partial charge < -0.3 is 5.73 Å². The number of hydrogen-bond donors (Lipinski definition) is 1. The molecule has 0 spiro atoms. The van der Waals surface area contributed by atoms with Gasteiger partial charge in [0.15, 0.2) is 0 Å². The first-order valence-corrected chi connectivity index (χ1v) is 6.77. The summed E-state index contributed by atoms with van der Waals surface area (Å²) in [5.74, 6) is 0. The summed E-state index contributed by atoms with van der Waals surface area (Å²) in [6.07, 6.45) is 0. The van der Waals surface area contributed by atoms with Gasteiger partial charge in [0, 0.05) is 0 Å². The smallest absolute Gasteiger partial charge is 0.109 e. The number of halogens is 1. The highest BCUT2D eigenvalue weighted by Gasteiger charge is 2.14. The Morgan fingerprint density at radius 2 is 1.40 bits per heavy atom. The Hall–Kier alpha value is -2.19. The van der Waals surface area contributed by atoms with Crippen molar-refractivity contribution < 1.29 is 4.39 Å². The summed E-state index contributed by atoms with van der Waals surface area (Å²) < 4.78 is 13.0. The highest BCUT2D eigenvalue weighted by atomic mass is 19.1. The number of alkyl halides is 1. The molecule has 4 rings (SSSR count). The molecule has 0 fully saturated rings. The average Bonchev–Trinajstić information content (AvgIpc) is 2.51. The van der Waals surface area contributed by atoms with Gasteiger partial charge in [-0.15, -0.1) is 0 Å². The summed E-state index contributed by atoms with van der Waals surface area (Å²) in [5, 5.41) is 7.12. The molecular weight excluding hydrogens is 249 g/mol. The van der Waals surface area contributed by atoms with Crippen molar-refractivity contribution in [1.29, 1.82) is 0 Å². The van der Waals surface area contributed by atoms with E-state index >= 15 is 0 Å². The number of nitrogens with two attached hydrogens (primary N) is 1. The highest BCUT2D eigenvalue weighted by Crippen LogP contribution is 2.37. The van der Waals surface area contributed by atoms with Gasteiger partial charge in [0.05, 0.1) is 6.04 Å². The van der Waals surface area contributed by atoms with Gasteiger partial charge in [-0.1, -0.05) is 54.6 Å². The third kappa shape index (κ3) is 1.46. The molecule has 0 bridgehead atoms. The fraction of sp³-hybridized carbons (Fsp3) is 0.111. The van der Waals surface area contributed by atoms with Crippen molar-refractivity contribution in [3.05, 3.63) is 60.2 Å².